The van der Waals surface area contributed by atoms with Crippen molar-refractivity contribution >= 4 is 17.6 Å². The summed E-state index contributed by atoms with van der Waals surface area (Å²) in [6.45, 7) is 2.49. The van der Waals surface area contributed by atoms with Crippen LogP contribution < -0.4 is 5.32 Å². The van der Waals surface area contributed by atoms with Crippen LogP contribution in [0.4, 0.5) is 6.01 Å². The Balaban J connectivity index is 1.77. The van der Waals surface area contributed by atoms with Gasteiger partial charge in [0.2, 0.25) is 5.89 Å². The second kappa shape index (κ2) is 5.32. The maximum atomic E-state index is 5.56. The van der Waals surface area contributed by atoms with Crippen LogP contribution in [-0.4, -0.2) is 35.8 Å². The number of halogens is 1. The van der Waals surface area contributed by atoms with E-state index in [0.717, 1.165) is 26.2 Å². The third-order valence-corrected chi connectivity index (χ3v) is 2.53. The maximum absolute atomic E-state index is 5.56. The summed E-state index contributed by atoms with van der Waals surface area (Å²) in [6.07, 6.45) is 1.71. The van der Waals surface area contributed by atoms with E-state index in [1.807, 2.05) is 0 Å². The summed E-state index contributed by atoms with van der Waals surface area (Å²) in [5, 5.41) is 10.8. The first kappa shape index (κ1) is 10.7. The molecule has 1 atom stereocenters. The second-order valence-electron chi connectivity index (χ2n) is 3.55. The average Bonchev–Trinajstić information content (AvgIpc) is 2.85. The summed E-state index contributed by atoms with van der Waals surface area (Å²) >= 11 is 5.56. The zero-order valence-corrected chi connectivity index (χ0v) is 9.16. The summed E-state index contributed by atoms with van der Waals surface area (Å²) < 4.78 is 10.6. The van der Waals surface area contributed by atoms with Crippen molar-refractivity contribution in [1.82, 2.24) is 10.2 Å². The molecule has 1 unspecified atom stereocenters. The average molecular weight is 232 g/mol. The first-order chi connectivity index (χ1) is 7.38. The molecule has 1 aliphatic heterocycles. The standard InChI is InChI=1S/C9H14ClN3O2/c10-3-1-8-12-13-9(15-8)11-5-7-2-4-14-6-7/h7H,1-6H2,(H,11,13). The summed E-state index contributed by atoms with van der Waals surface area (Å²) in [5.41, 5.74) is 0. The van der Waals surface area contributed by atoms with Crippen LogP contribution >= 0.6 is 11.6 Å². The molecule has 0 aliphatic carbocycles. The molecule has 0 saturated carbocycles. The van der Waals surface area contributed by atoms with Gasteiger partial charge in [-0.05, 0) is 6.42 Å². The molecule has 1 fully saturated rings. The lowest BCUT2D eigenvalue weighted by molar-refractivity contribution is 0.187. The molecule has 1 aromatic heterocycles. The van der Waals surface area contributed by atoms with Gasteiger partial charge in [0.25, 0.3) is 0 Å². The Morgan fingerprint density at radius 1 is 1.47 bits per heavy atom. The van der Waals surface area contributed by atoms with E-state index in [1.165, 1.54) is 0 Å². The maximum Gasteiger partial charge on any atom is 0.315 e. The molecule has 0 amide bonds. The summed E-state index contributed by atoms with van der Waals surface area (Å²) in [6, 6.07) is 0.474. The van der Waals surface area contributed by atoms with Gasteiger partial charge in [0.15, 0.2) is 0 Å². The van der Waals surface area contributed by atoms with Crippen LogP contribution in [0.2, 0.25) is 0 Å². The Bertz CT molecular complexity index is 299. The Kier molecular flexibility index (Phi) is 3.80. The van der Waals surface area contributed by atoms with Gasteiger partial charge in [-0.15, -0.1) is 16.7 Å². The van der Waals surface area contributed by atoms with Gasteiger partial charge in [-0.3, -0.25) is 0 Å². The number of aromatic nitrogens is 2. The van der Waals surface area contributed by atoms with Crippen LogP contribution in [0.25, 0.3) is 0 Å². The number of ether oxygens (including phenoxy) is 1. The number of hydrogen-bond donors (Lipinski definition) is 1. The van der Waals surface area contributed by atoms with Gasteiger partial charge in [0.05, 0.1) is 6.61 Å². The van der Waals surface area contributed by atoms with Gasteiger partial charge in [-0.25, -0.2) is 0 Å². The van der Waals surface area contributed by atoms with E-state index in [0.29, 0.717) is 30.1 Å². The Morgan fingerprint density at radius 2 is 2.40 bits per heavy atom. The minimum atomic E-state index is 0.474. The van der Waals surface area contributed by atoms with Crippen LogP contribution in [0.15, 0.2) is 4.42 Å². The SMILES string of the molecule is ClCCc1nnc(NCC2CCOC2)o1. The van der Waals surface area contributed by atoms with E-state index >= 15 is 0 Å². The smallest absolute Gasteiger partial charge is 0.315 e. The highest BCUT2D eigenvalue weighted by atomic mass is 35.5. The van der Waals surface area contributed by atoms with Gasteiger partial charge in [-0.2, -0.15) is 0 Å². The van der Waals surface area contributed by atoms with Gasteiger partial charge < -0.3 is 14.5 Å². The molecule has 0 bridgehead atoms. The van der Waals surface area contributed by atoms with Crippen LogP contribution in [0.5, 0.6) is 0 Å². The van der Waals surface area contributed by atoms with Crippen molar-refractivity contribution in [3.63, 3.8) is 0 Å². The van der Waals surface area contributed by atoms with E-state index in [4.69, 9.17) is 20.8 Å². The molecule has 1 aliphatic rings. The molecule has 6 heteroatoms. The molecule has 1 N–H and O–H groups in total. The largest absolute Gasteiger partial charge is 0.408 e. The van der Waals surface area contributed by atoms with E-state index in [9.17, 15) is 0 Å². The topological polar surface area (TPSA) is 60.2 Å². The van der Waals surface area contributed by atoms with Crippen LogP contribution in [0.1, 0.15) is 12.3 Å². The molecule has 2 heterocycles. The molecule has 15 heavy (non-hydrogen) atoms. The number of nitrogens with one attached hydrogen (secondary N) is 1. The van der Waals surface area contributed by atoms with Crippen molar-refractivity contribution in [1.29, 1.82) is 0 Å². The van der Waals surface area contributed by atoms with Crippen LogP contribution in [-0.2, 0) is 11.2 Å². The minimum absolute atomic E-state index is 0.474. The van der Waals surface area contributed by atoms with E-state index in [2.05, 4.69) is 15.5 Å². The number of alkyl halides is 1. The fraction of sp³-hybridized carbons (Fsp3) is 0.778. The molecule has 0 radical (unpaired) electrons. The molecule has 5 nitrogen and oxygen atoms in total. The lowest BCUT2D eigenvalue weighted by Crippen LogP contribution is -2.14. The minimum Gasteiger partial charge on any atom is -0.408 e. The normalized spacial score (nSPS) is 20.7. The zero-order valence-electron chi connectivity index (χ0n) is 8.41. The number of nitrogens with zero attached hydrogens (tertiary/aromatic N) is 2. The fourth-order valence-corrected chi connectivity index (χ4v) is 1.64. The molecular formula is C9H14ClN3O2. The first-order valence-corrected chi connectivity index (χ1v) is 5.62. The fourth-order valence-electron chi connectivity index (χ4n) is 1.48. The van der Waals surface area contributed by atoms with Crippen molar-refractivity contribution in [2.24, 2.45) is 5.92 Å². The third-order valence-electron chi connectivity index (χ3n) is 2.34. The molecule has 1 saturated heterocycles. The van der Waals surface area contributed by atoms with Gasteiger partial charge in [0, 0.05) is 31.4 Å². The van der Waals surface area contributed by atoms with Gasteiger partial charge in [0.1, 0.15) is 0 Å². The predicted octanol–water partition coefficient (Wildman–Crippen LogP) is 1.30. The third kappa shape index (κ3) is 3.07. The molecular weight excluding hydrogens is 218 g/mol. The van der Waals surface area contributed by atoms with Gasteiger partial charge >= 0.3 is 6.01 Å². The van der Waals surface area contributed by atoms with Gasteiger partial charge in [-0.1, -0.05) is 5.10 Å². The van der Waals surface area contributed by atoms with Crippen molar-refractivity contribution in [2.75, 3.05) is 31.0 Å². The Morgan fingerprint density at radius 3 is 3.13 bits per heavy atom. The van der Waals surface area contributed by atoms with Crippen molar-refractivity contribution in [3.05, 3.63) is 5.89 Å². The highest BCUT2D eigenvalue weighted by molar-refractivity contribution is 6.17. The van der Waals surface area contributed by atoms with Crippen molar-refractivity contribution < 1.29 is 9.15 Å². The summed E-state index contributed by atoms with van der Waals surface area (Å²) in [5.74, 6) is 1.63. The Hall–Kier alpha value is -0.810. The predicted molar refractivity (Wildman–Crippen MR) is 56.1 cm³/mol. The molecule has 1 aromatic rings. The number of rotatable bonds is 5. The second-order valence-corrected chi connectivity index (χ2v) is 3.93. The monoisotopic (exact) mass is 231 g/mol. The first-order valence-electron chi connectivity index (χ1n) is 5.08. The molecule has 2 rings (SSSR count). The number of anilines is 1. The molecule has 84 valence electrons. The highest BCUT2D eigenvalue weighted by Crippen LogP contribution is 2.13. The quantitative estimate of drug-likeness (QED) is 0.774. The Labute approximate surface area is 93.1 Å². The zero-order chi connectivity index (χ0) is 10.5. The lowest BCUT2D eigenvalue weighted by atomic mass is 10.1. The highest BCUT2D eigenvalue weighted by Gasteiger charge is 2.16. The molecule has 0 aromatic carbocycles. The lowest BCUT2D eigenvalue weighted by Gasteiger charge is -2.05. The number of aryl methyl sites for hydroxylation is 1. The van der Waals surface area contributed by atoms with E-state index < -0.39 is 0 Å². The van der Waals surface area contributed by atoms with Crippen LogP contribution in [0.3, 0.4) is 0 Å². The van der Waals surface area contributed by atoms with E-state index in [1.54, 1.807) is 0 Å². The summed E-state index contributed by atoms with van der Waals surface area (Å²) in [4.78, 5) is 0. The van der Waals surface area contributed by atoms with Crippen LogP contribution in [0, 0.1) is 5.92 Å². The summed E-state index contributed by atoms with van der Waals surface area (Å²) in [7, 11) is 0. The van der Waals surface area contributed by atoms with Crippen molar-refractivity contribution in [2.45, 2.75) is 12.8 Å². The number of hydrogen-bond acceptors (Lipinski definition) is 5. The van der Waals surface area contributed by atoms with E-state index in [-0.39, 0.29) is 0 Å². The molecule has 0 spiro atoms. The van der Waals surface area contributed by atoms with Crippen molar-refractivity contribution in [3.8, 4) is 0 Å².